The number of nitrogens with zero attached hydrogens (tertiary/aromatic N) is 2. The Bertz CT molecular complexity index is 572. The average Bonchev–Trinajstić information content (AvgIpc) is 3.31. The molecule has 5 nitrogen and oxygen atoms in total. The van der Waals surface area contributed by atoms with E-state index in [4.69, 9.17) is 11.1 Å². The van der Waals surface area contributed by atoms with Crippen molar-refractivity contribution in [2.24, 2.45) is 0 Å². The van der Waals surface area contributed by atoms with E-state index in [0.717, 1.165) is 37.4 Å². The van der Waals surface area contributed by atoms with Crippen molar-refractivity contribution < 1.29 is 4.79 Å². The maximum absolute atomic E-state index is 11.4. The standard InChI is InChI=1S/C16H22N4O/c1-11(21)19-4-6-20(7-5-19)16-9-13(12-2-3-12)8-15(18)14(16)10-17/h8-10,12,17H,2-7,18H2,1H3. The first kappa shape index (κ1) is 13.9. The average molecular weight is 286 g/mol. The van der Waals surface area contributed by atoms with E-state index in [9.17, 15) is 4.79 Å². The highest BCUT2D eigenvalue weighted by Crippen LogP contribution is 2.43. The fourth-order valence-corrected chi connectivity index (χ4v) is 3.02. The van der Waals surface area contributed by atoms with Gasteiger partial charge in [0, 0.05) is 56.3 Å². The smallest absolute Gasteiger partial charge is 0.219 e. The Hall–Kier alpha value is -2.04. The van der Waals surface area contributed by atoms with Gasteiger partial charge in [-0.05, 0) is 36.5 Å². The molecule has 21 heavy (non-hydrogen) atoms. The molecule has 1 aromatic carbocycles. The number of hydrogen-bond donors (Lipinski definition) is 2. The monoisotopic (exact) mass is 286 g/mol. The highest BCUT2D eigenvalue weighted by Gasteiger charge is 2.27. The molecule has 0 aromatic heterocycles. The van der Waals surface area contributed by atoms with Gasteiger partial charge in [-0.2, -0.15) is 0 Å². The fourth-order valence-electron chi connectivity index (χ4n) is 3.02. The zero-order valence-electron chi connectivity index (χ0n) is 12.4. The summed E-state index contributed by atoms with van der Waals surface area (Å²) in [7, 11) is 0. The van der Waals surface area contributed by atoms with Crippen LogP contribution in [0.4, 0.5) is 11.4 Å². The van der Waals surface area contributed by atoms with Gasteiger partial charge >= 0.3 is 0 Å². The van der Waals surface area contributed by atoms with Crippen molar-refractivity contribution in [2.75, 3.05) is 36.8 Å². The predicted octanol–water partition coefficient (Wildman–Crippen LogP) is 1.81. The van der Waals surface area contributed by atoms with E-state index in [1.807, 2.05) is 11.0 Å². The maximum Gasteiger partial charge on any atom is 0.219 e. The molecular weight excluding hydrogens is 264 g/mol. The highest BCUT2D eigenvalue weighted by atomic mass is 16.2. The summed E-state index contributed by atoms with van der Waals surface area (Å²) in [6.07, 6.45) is 3.82. The number of piperazine rings is 1. The van der Waals surface area contributed by atoms with Crippen LogP contribution in [-0.2, 0) is 4.79 Å². The third kappa shape index (κ3) is 2.73. The molecule has 0 spiro atoms. The van der Waals surface area contributed by atoms with E-state index >= 15 is 0 Å². The summed E-state index contributed by atoms with van der Waals surface area (Å²) in [6.45, 7) is 4.69. The van der Waals surface area contributed by atoms with E-state index in [0.29, 0.717) is 11.6 Å². The van der Waals surface area contributed by atoms with Crippen LogP contribution >= 0.6 is 0 Å². The number of amides is 1. The van der Waals surface area contributed by atoms with E-state index in [-0.39, 0.29) is 5.91 Å². The summed E-state index contributed by atoms with van der Waals surface area (Å²) >= 11 is 0. The molecule has 0 unspecified atom stereocenters. The molecule has 3 rings (SSSR count). The molecule has 1 saturated carbocycles. The van der Waals surface area contributed by atoms with Crippen LogP contribution in [0.1, 0.15) is 36.8 Å². The van der Waals surface area contributed by atoms with Gasteiger partial charge in [-0.15, -0.1) is 0 Å². The van der Waals surface area contributed by atoms with Crippen molar-refractivity contribution in [1.29, 1.82) is 5.41 Å². The molecular formula is C16H22N4O. The maximum atomic E-state index is 11.4. The number of carbonyl (C=O) groups excluding carboxylic acids is 1. The van der Waals surface area contributed by atoms with Gasteiger partial charge < -0.3 is 20.9 Å². The molecule has 1 amide bonds. The Morgan fingerprint density at radius 2 is 1.95 bits per heavy atom. The van der Waals surface area contributed by atoms with E-state index in [2.05, 4.69) is 11.0 Å². The van der Waals surface area contributed by atoms with Crippen LogP contribution < -0.4 is 10.6 Å². The van der Waals surface area contributed by atoms with Crippen molar-refractivity contribution in [3.8, 4) is 0 Å². The lowest BCUT2D eigenvalue weighted by atomic mass is 10.0. The summed E-state index contributed by atoms with van der Waals surface area (Å²) in [4.78, 5) is 15.5. The third-order valence-electron chi connectivity index (χ3n) is 4.47. The molecule has 2 fully saturated rings. The van der Waals surface area contributed by atoms with Crippen molar-refractivity contribution in [2.45, 2.75) is 25.7 Å². The van der Waals surface area contributed by atoms with Crippen LogP contribution in [0.3, 0.4) is 0 Å². The van der Waals surface area contributed by atoms with Gasteiger partial charge in [0.15, 0.2) is 0 Å². The number of nitrogen functional groups attached to an aromatic ring is 1. The van der Waals surface area contributed by atoms with Crippen LogP contribution in [0.5, 0.6) is 0 Å². The zero-order chi connectivity index (χ0) is 15.0. The quantitative estimate of drug-likeness (QED) is 0.657. The van der Waals surface area contributed by atoms with Gasteiger partial charge in [-0.1, -0.05) is 0 Å². The molecule has 3 N–H and O–H groups in total. The normalized spacial score (nSPS) is 18.7. The fraction of sp³-hybridized carbons (Fsp3) is 0.500. The van der Waals surface area contributed by atoms with Gasteiger partial charge in [0.2, 0.25) is 5.91 Å². The van der Waals surface area contributed by atoms with Gasteiger partial charge in [0.05, 0.1) is 0 Å². The molecule has 0 atom stereocenters. The lowest BCUT2D eigenvalue weighted by molar-refractivity contribution is -0.129. The van der Waals surface area contributed by atoms with Crippen LogP contribution in [0.25, 0.3) is 0 Å². The summed E-state index contributed by atoms with van der Waals surface area (Å²) < 4.78 is 0. The molecule has 0 radical (unpaired) electrons. The van der Waals surface area contributed by atoms with E-state index < -0.39 is 0 Å². The molecule has 1 aliphatic carbocycles. The first-order valence-corrected chi connectivity index (χ1v) is 7.54. The Labute approximate surface area is 125 Å². The second-order valence-electron chi connectivity index (χ2n) is 5.95. The van der Waals surface area contributed by atoms with Crippen molar-refractivity contribution >= 4 is 23.5 Å². The van der Waals surface area contributed by atoms with Gasteiger partial charge in [0.25, 0.3) is 0 Å². The summed E-state index contributed by atoms with van der Waals surface area (Å²) in [5.41, 5.74) is 9.98. The Balaban J connectivity index is 1.87. The van der Waals surface area contributed by atoms with Crippen LogP contribution in [0, 0.1) is 5.41 Å². The van der Waals surface area contributed by atoms with E-state index in [1.165, 1.54) is 24.6 Å². The van der Waals surface area contributed by atoms with Crippen LogP contribution in [0.15, 0.2) is 12.1 Å². The number of anilines is 2. The topological polar surface area (TPSA) is 73.4 Å². The minimum absolute atomic E-state index is 0.133. The number of nitrogens with two attached hydrogens (primary N) is 1. The van der Waals surface area contributed by atoms with Gasteiger partial charge in [-0.3, -0.25) is 4.79 Å². The number of benzene rings is 1. The number of rotatable bonds is 3. The predicted molar refractivity (Wildman–Crippen MR) is 85.2 cm³/mol. The molecule has 1 saturated heterocycles. The molecule has 1 aromatic rings. The largest absolute Gasteiger partial charge is 0.398 e. The van der Waals surface area contributed by atoms with Gasteiger partial charge in [-0.25, -0.2) is 0 Å². The number of carbonyl (C=O) groups is 1. The Morgan fingerprint density at radius 1 is 1.29 bits per heavy atom. The van der Waals surface area contributed by atoms with Crippen LogP contribution in [0.2, 0.25) is 0 Å². The molecule has 1 aliphatic heterocycles. The minimum Gasteiger partial charge on any atom is -0.398 e. The number of hydrogen-bond acceptors (Lipinski definition) is 4. The highest BCUT2D eigenvalue weighted by molar-refractivity contribution is 5.93. The van der Waals surface area contributed by atoms with Crippen molar-refractivity contribution in [1.82, 2.24) is 4.90 Å². The molecule has 0 bridgehead atoms. The lowest BCUT2D eigenvalue weighted by Gasteiger charge is -2.36. The van der Waals surface area contributed by atoms with E-state index in [1.54, 1.807) is 6.92 Å². The first-order valence-electron chi connectivity index (χ1n) is 7.54. The second-order valence-corrected chi connectivity index (χ2v) is 5.95. The van der Waals surface area contributed by atoms with Crippen LogP contribution in [-0.4, -0.2) is 43.2 Å². The third-order valence-corrected chi connectivity index (χ3v) is 4.47. The van der Waals surface area contributed by atoms with Gasteiger partial charge in [0.1, 0.15) is 0 Å². The summed E-state index contributed by atoms with van der Waals surface area (Å²) in [6, 6.07) is 4.21. The van der Waals surface area contributed by atoms with Crippen molar-refractivity contribution in [3.05, 3.63) is 23.3 Å². The first-order chi connectivity index (χ1) is 10.1. The SMILES string of the molecule is CC(=O)N1CCN(c2cc(C3CC3)cc(N)c2C=N)CC1. The minimum atomic E-state index is 0.133. The molecule has 112 valence electrons. The zero-order valence-corrected chi connectivity index (χ0v) is 12.4. The molecule has 1 heterocycles. The lowest BCUT2D eigenvalue weighted by Crippen LogP contribution is -2.48. The second kappa shape index (κ2) is 5.39. The molecule has 2 aliphatic rings. The summed E-state index contributed by atoms with van der Waals surface area (Å²) in [5.74, 6) is 0.775. The Morgan fingerprint density at radius 3 is 2.48 bits per heavy atom. The molecule has 5 heteroatoms. The van der Waals surface area contributed by atoms with Crippen molar-refractivity contribution in [3.63, 3.8) is 0 Å². The Kier molecular flexibility index (Phi) is 3.57. The number of nitrogens with one attached hydrogen (secondary N) is 1. The summed E-state index contributed by atoms with van der Waals surface area (Å²) in [5, 5.41) is 7.65.